The van der Waals surface area contributed by atoms with Gasteiger partial charge < -0.3 is 5.32 Å². The number of hydrogen-bond acceptors (Lipinski definition) is 3. The van der Waals surface area contributed by atoms with Gasteiger partial charge in [0.25, 0.3) is 0 Å². The molecule has 0 spiro atoms. The van der Waals surface area contributed by atoms with Gasteiger partial charge in [-0.2, -0.15) is 5.10 Å². The molecule has 8 heteroatoms. The van der Waals surface area contributed by atoms with Crippen molar-refractivity contribution < 1.29 is 9.18 Å². The van der Waals surface area contributed by atoms with E-state index in [2.05, 4.69) is 15.5 Å². The molecule has 0 saturated heterocycles. The summed E-state index contributed by atoms with van der Waals surface area (Å²) in [6, 6.07) is 11.6. The highest BCUT2D eigenvalue weighted by Crippen LogP contribution is 2.20. The highest BCUT2D eigenvalue weighted by atomic mass is 35.5. The van der Waals surface area contributed by atoms with Crippen LogP contribution in [0.25, 0.3) is 11.4 Å². The summed E-state index contributed by atoms with van der Waals surface area (Å²) in [5.41, 5.74) is 1.67. The summed E-state index contributed by atoms with van der Waals surface area (Å²) in [5, 5.41) is 10.1. The molecule has 1 heterocycles. The highest BCUT2D eigenvalue weighted by molar-refractivity contribution is 7.71. The van der Waals surface area contributed by atoms with Gasteiger partial charge in [0.2, 0.25) is 5.91 Å². The monoisotopic (exact) mass is 376 g/mol. The van der Waals surface area contributed by atoms with Crippen LogP contribution in [-0.2, 0) is 11.3 Å². The van der Waals surface area contributed by atoms with E-state index in [1.165, 1.54) is 6.07 Å². The van der Waals surface area contributed by atoms with Crippen molar-refractivity contribution in [1.29, 1.82) is 0 Å². The van der Waals surface area contributed by atoms with E-state index in [-0.39, 0.29) is 18.3 Å². The van der Waals surface area contributed by atoms with Crippen molar-refractivity contribution >= 4 is 35.4 Å². The van der Waals surface area contributed by atoms with Gasteiger partial charge in [0.1, 0.15) is 12.4 Å². The fourth-order valence-electron chi connectivity index (χ4n) is 2.30. The molecule has 25 heavy (non-hydrogen) atoms. The third kappa shape index (κ3) is 3.94. The number of aryl methyl sites for hydroxylation is 1. The molecule has 0 aliphatic heterocycles. The molecule has 1 amide bonds. The zero-order valence-electron chi connectivity index (χ0n) is 13.2. The van der Waals surface area contributed by atoms with Crippen LogP contribution in [0.4, 0.5) is 10.1 Å². The molecule has 0 aliphatic rings. The number of H-pyrrole nitrogens is 1. The standard InChI is InChI=1S/C17H14ClFN4OS/c1-10-2-7-13(8-14(10)19)20-15(24)9-23-16(21-22-17(23)25)11-3-5-12(18)6-4-11/h2-8H,9H2,1H3,(H,20,24)(H,22,25). The molecule has 2 N–H and O–H groups in total. The Hall–Kier alpha value is -2.51. The number of carbonyl (C=O) groups is 1. The van der Waals surface area contributed by atoms with Gasteiger partial charge in [0, 0.05) is 16.3 Å². The Kier molecular flexibility index (Phi) is 4.96. The van der Waals surface area contributed by atoms with Crippen LogP contribution >= 0.6 is 23.8 Å². The van der Waals surface area contributed by atoms with Gasteiger partial charge in [-0.25, -0.2) is 4.39 Å². The van der Waals surface area contributed by atoms with Gasteiger partial charge in [-0.15, -0.1) is 0 Å². The zero-order valence-corrected chi connectivity index (χ0v) is 14.8. The van der Waals surface area contributed by atoms with Crippen molar-refractivity contribution in [2.75, 3.05) is 5.32 Å². The van der Waals surface area contributed by atoms with Crippen LogP contribution in [0.2, 0.25) is 5.02 Å². The number of hydrogen-bond donors (Lipinski definition) is 2. The van der Waals surface area contributed by atoms with Gasteiger partial charge in [-0.1, -0.05) is 17.7 Å². The molecule has 0 bridgehead atoms. The van der Waals surface area contributed by atoms with Crippen molar-refractivity contribution in [3.63, 3.8) is 0 Å². The summed E-state index contributed by atoms with van der Waals surface area (Å²) >= 11 is 11.1. The molecular formula is C17H14ClFN4OS. The molecular weight excluding hydrogens is 363 g/mol. The first-order chi connectivity index (χ1) is 11.9. The minimum atomic E-state index is -0.375. The van der Waals surface area contributed by atoms with E-state index in [1.54, 1.807) is 47.9 Å². The summed E-state index contributed by atoms with van der Waals surface area (Å²) in [5.74, 6) is -0.192. The topological polar surface area (TPSA) is 62.7 Å². The summed E-state index contributed by atoms with van der Waals surface area (Å²) < 4.78 is 15.5. The molecule has 1 aromatic heterocycles. The molecule has 0 saturated carbocycles. The Bertz CT molecular complexity index is 981. The number of benzene rings is 2. The largest absolute Gasteiger partial charge is 0.324 e. The van der Waals surface area contributed by atoms with Crippen LogP contribution in [0, 0.1) is 17.5 Å². The van der Waals surface area contributed by atoms with Crippen molar-refractivity contribution in [2.24, 2.45) is 0 Å². The van der Waals surface area contributed by atoms with Crippen molar-refractivity contribution in [1.82, 2.24) is 14.8 Å². The van der Waals surface area contributed by atoms with Crippen LogP contribution in [0.15, 0.2) is 42.5 Å². The molecule has 0 atom stereocenters. The van der Waals surface area contributed by atoms with Gasteiger partial charge in [-0.05, 0) is 61.1 Å². The van der Waals surface area contributed by atoms with E-state index in [0.717, 1.165) is 5.56 Å². The van der Waals surface area contributed by atoms with E-state index >= 15 is 0 Å². The fraction of sp³-hybridized carbons (Fsp3) is 0.118. The van der Waals surface area contributed by atoms with Gasteiger partial charge in [-0.3, -0.25) is 14.5 Å². The Morgan fingerprint density at radius 3 is 2.72 bits per heavy atom. The van der Waals surface area contributed by atoms with Crippen LogP contribution in [-0.4, -0.2) is 20.7 Å². The Labute approximate surface area is 153 Å². The number of amides is 1. The molecule has 0 fully saturated rings. The van der Waals surface area contributed by atoms with Gasteiger partial charge in [0.15, 0.2) is 10.6 Å². The average Bonchev–Trinajstić information content (AvgIpc) is 2.93. The van der Waals surface area contributed by atoms with Crippen LogP contribution in [0.1, 0.15) is 5.56 Å². The smallest absolute Gasteiger partial charge is 0.244 e. The number of anilines is 1. The van der Waals surface area contributed by atoms with Crippen molar-refractivity contribution in [3.05, 3.63) is 63.6 Å². The predicted molar refractivity (Wildman–Crippen MR) is 97.6 cm³/mol. The first kappa shape index (κ1) is 17.3. The minimum Gasteiger partial charge on any atom is -0.324 e. The van der Waals surface area contributed by atoms with E-state index in [9.17, 15) is 9.18 Å². The molecule has 3 aromatic rings. The van der Waals surface area contributed by atoms with E-state index in [1.807, 2.05) is 0 Å². The Morgan fingerprint density at radius 1 is 1.32 bits per heavy atom. The number of halogens is 2. The number of carbonyl (C=O) groups excluding carboxylic acids is 1. The molecule has 128 valence electrons. The molecule has 5 nitrogen and oxygen atoms in total. The lowest BCUT2D eigenvalue weighted by molar-refractivity contribution is -0.116. The lowest BCUT2D eigenvalue weighted by atomic mass is 10.2. The number of nitrogens with one attached hydrogen (secondary N) is 2. The first-order valence-electron chi connectivity index (χ1n) is 7.41. The second-order valence-corrected chi connectivity index (χ2v) is 6.28. The van der Waals surface area contributed by atoms with E-state index in [4.69, 9.17) is 23.8 Å². The molecule has 3 rings (SSSR count). The lowest BCUT2D eigenvalue weighted by Crippen LogP contribution is -2.19. The summed E-state index contributed by atoms with van der Waals surface area (Å²) in [6.07, 6.45) is 0. The molecule has 0 radical (unpaired) electrons. The second-order valence-electron chi connectivity index (χ2n) is 5.46. The maximum atomic E-state index is 13.6. The minimum absolute atomic E-state index is 0.0528. The maximum absolute atomic E-state index is 13.6. The van der Waals surface area contributed by atoms with Gasteiger partial charge >= 0.3 is 0 Å². The lowest BCUT2D eigenvalue weighted by Gasteiger charge is -2.09. The fourth-order valence-corrected chi connectivity index (χ4v) is 2.62. The number of rotatable bonds is 4. The van der Waals surface area contributed by atoms with Crippen LogP contribution in [0.5, 0.6) is 0 Å². The predicted octanol–water partition coefficient (Wildman–Crippen LogP) is 4.35. The van der Waals surface area contributed by atoms with Crippen molar-refractivity contribution in [3.8, 4) is 11.4 Å². The highest BCUT2D eigenvalue weighted by Gasteiger charge is 2.13. The Balaban J connectivity index is 1.81. The summed E-state index contributed by atoms with van der Waals surface area (Å²) in [6.45, 7) is 1.60. The quantitative estimate of drug-likeness (QED) is 0.665. The number of aromatic nitrogens is 3. The van der Waals surface area contributed by atoms with Crippen LogP contribution < -0.4 is 5.32 Å². The summed E-state index contributed by atoms with van der Waals surface area (Å²) in [4.78, 5) is 12.3. The Morgan fingerprint density at radius 2 is 2.04 bits per heavy atom. The number of aromatic amines is 1. The van der Waals surface area contributed by atoms with Crippen LogP contribution in [0.3, 0.4) is 0 Å². The number of nitrogens with zero attached hydrogens (tertiary/aromatic N) is 2. The SMILES string of the molecule is Cc1ccc(NC(=O)Cn2c(-c3ccc(Cl)cc3)n[nH]c2=S)cc1F. The molecule has 0 aliphatic carbocycles. The van der Waals surface area contributed by atoms with Gasteiger partial charge in [0.05, 0.1) is 0 Å². The van der Waals surface area contributed by atoms with Crippen molar-refractivity contribution in [2.45, 2.75) is 13.5 Å². The third-order valence-electron chi connectivity index (χ3n) is 3.62. The zero-order chi connectivity index (χ0) is 18.0. The first-order valence-corrected chi connectivity index (χ1v) is 8.20. The molecule has 0 unspecified atom stereocenters. The summed E-state index contributed by atoms with van der Waals surface area (Å²) in [7, 11) is 0. The van der Waals surface area contributed by atoms with E-state index in [0.29, 0.717) is 26.9 Å². The third-order valence-corrected chi connectivity index (χ3v) is 4.18. The maximum Gasteiger partial charge on any atom is 0.244 e. The normalized spacial score (nSPS) is 10.7. The average molecular weight is 377 g/mol. The second kappa shape index (κ2) is 7.16. The van der Waals surface area contributed by atoms with E-state index < -0.39 is 0 Å². The molecule has 2 aromatic carbocycles.